The molecule has 1 N–H and O–H groups in total. The van der Waals surface area contributed by atoms with Crippen LogP contribution >= 0.6 is 0 Å². The minimum atomic E-state index is -0.400. The number of hydrogen-bond acceptors (Lipinski definition) is 4. The molecule has 2 saturated heterocycles. The van der Waals surface area contributed by atoms with Crippen LogP contribution in [0.5, 0.6) is 0 Å². The van der Waals surface area contributed by atoms with Gasteiger partial charge in [-0.3, -0.25) is 0 Å². The van der Waals surface area contributed by atoms with Gasteiger partial charge in [0.2, 0.25) is 0 Å². The van der Waals surface area contributed by atoms with Crippen LogP contribution in [0.3, 0.4) is 0 Å². The van der Waals surface area contributed by atoms with Gasteiger partial charge in [0.1, 0.15) is 5.60 Å². The van der Waals surface area contributed by atoms with Gasteiger partial charge in [0.15, 0.2) is 0 Å². The van der Waals surface area contributed by atoms with Crippen molar-refractivity contribution < 1.29 is 14.3 Å². The molecule has 1 amide bonds. The molecule has 5 heteroatoms. The van der Waals surface area contributed by atoms with Crippen LogP contribution in [0.1, 0.15) is 46.5 Å². The Bertz CT molecular complexity index is 401. The van der Waals surface area contributed by atoms with Crippen molar-refractivity contribution in [1.82, 2.24) is 10.2 Å². The number of carbonyl (C=O) groups is 1. The van der Waals surface area contributed by atoms with Crippen LogP contribution in [0.15, 0.2) is 0 Å². The third kappa shape index (κ3) is 4.60. The molecule has 0 aromatic heterocycles. The smallest absolute Gasteiger partial charge is 0.410 e. The number of carbonyl (C=O) groups excluding carboxylic acids is 1. The largest absolute Gasteiger partial charge is 0.444 e. The third-order valence-electron chi connectivity index (χ3n) is 5.44. The third-order valence-corrected chi connectivity index (χ3v) is 5.44. The molecular formula is C18H32N2O3. The predicted octanol–water partition coefficient (Wildman–Crippen LogP) is 2.65. The molecule has 5 nitrogen and oxygen atoms in total. The van der Waals surface area contributed by atoms with Gasteiger partial charge >= 0.3 is 6.09 Å². The Kier molecular flexibility index (Phi) is 5.16. The summed E-state index contributed by atoms with van der Waals surface area (Å²) >= 11 is 0. The van der Waals surface area contributed by atoms with E-state index in [-0.39, 0.29) is 6.09 Å². The molecule has 0 bridgehead atoms. The summed E-state index contributed by atoms with van der Waals surface area (Å²) < 4.78 is 10.9. The zero-order chi connectivity index (χ0) is 16.4. The van der Waals surface area contributed by atoms with Crippen molar-refractivity contribution in [3.63, 3.8) is 0 Å². The second-order valence-electron chi connectivity index (χ2n) is 8.54. The first-order valence-corrected chi connectivity index (χ1v) is 9.20. The van der Waals surface area contributed by atoms with Crippen LogP contribution in [-0.4, -0.2) is 55.5 Å². The number of likely N-dealkylation sites (tertiary alicyclic amines) is 1. The lowest BCUT2D eigenvalue weighted by Crippen LogP contribution is -2.38. The summed E-state index contributed by atoms with van der Waals surface area (Å²) in [4.78, 5) is 14.1. The highest BCUT2D eigenvalue weighted by molar-refractivity contribution is 5.68. The molecular weight excluding hydrogens is 292 g/mol. The average Bonchev–Trinajstić information content (AvgIpc) is 3.02. The Hall–Kier alpha value is -0.810. The fourth-order valence-electron chi connectivity index (χ4n) is 4.23. The second-order valence-corrected chi connectivity index (χ2v) is 8.54. The van der Waals surface area contributed by atoms with Gasteiger partial charge < -0.3 is 19.7 Å². The molecule has 2 atom stereocenters. The Morgan fingerprint density at radius 3 is 2.35 bits per heavy atom. The van der Waals surface area contributed by atoms with Crippen LogP contribution in [0, 0.1) is 17.8 Å². The lowest BCUT2D eigenvalue weighted by molar-refractivity contribution is 0.0278. The molecule has 23 heavy (non-hydrogen) atoms. The monoisotopic (exact) mass is 324 g/mol. The average molecular weight is 324 g/mol. The first kappa shape index (κ1) is 17.0. The maximum absolute atomic E-state index is 12.2. The van der Waals surface area contributed by atoms with E-state index < -0.39 is 5.60 Å². The predicted molar refractivity (Wildman–Crippen MR) is 89.4 cm³/mol. The van der Waals surface area contributed by atoms with E-state index in [0.717, 1.165) is 38.8 Å². The number of nitrogens with one attached hydrogen (secondary N) is 1. The molecule has 3 fully saturated rings. The quantitative estimate of drug-likeness (QED) is 0.867. The van der Waals surface area contributed by atoms with Crippen LogP contribution in [0.4, 0.5) is 4.79 Å². The van der Waals surface area contributed by atoms with Crippen LogP contribution in [0.25, 0.3) is 0 Å². The summed E-state index contributed by atoms with van der Waals surface area (Å²) in [6.07, 6.45) is 4.65. The van der Waals surface area contributed by atoms with Gasteiger partial charge in [0.25, 0.3) is 0 Å². The highest BCUT2D eigenvalue weighted by Crippen LogP contribution is 2.38. The van der Waals surface area contributed by atoms with Crippen LogP contribution in [0.2, 0.25) is 0 Å². The molecule has 0 radical (unpaired) electrons. The van der Waals surface area contributed by atoms with Crippen molar-refractivity contribution in [2.24, 2.45) is 17.8 Å². The van der Waals surface area contributed by atoms with Crippen molar-refractivity contribution in [1.29, 1.82) is 0 Å². The number of amides is 1. The maximum Gasteiger partial charge on any atom is 0.410 e. The molecule has 0 aromatic rings. The second kappa shape index (κ2) is 6.98. The molecule has 132 valence electrons. The normalized spacial score (nSPS) is 32.1. The lowest BCUT2D eigenvalue weighted by atomic mass is 10.00. The first-order valence-electron chi connectivity index (χ1n) is 9.20. The minimum Gasteiger partial charge on any atom is -0.444 e. The van der Waals surface area contributed by atoms with E-state index in [9.17, 15) is 4.79 Å². The van der Waals surface area contributed by atoms with Crippen molar-refractivity contribution >= 4 is 6.09 Å². The molecule has 1 aliphatic carbocycles. The fourth-order valence-corrected chi connectivity index (χ4v) is 4.23. The topological polar surface area (TPSA) is 50.8 Å². The number of rotatable bonds is 3. The highest BCUT2D eigenvalue weighted by atomic mass is 16.6. The molecule has 2 aliphatic heterocycles. The highest BCUT2D eigenvalue weighted by Gasteiger charge is 2.43. The SMILES string of the molecule is CC(C)(C)OC(=O)N1CC2CC(NCC3CCOCC3)CC2C1. The van der Waals surface area contributed by atoms with E-state index in [1.54, 1.807) is 0 Å². The van der Waals surface area contributed by atoms with Crippen LogP contribution in [-0.2, 0) is 9.47 Å². The summed E-state index contributed by atoms with van der Waals surface area (Å²) in [6.45, 7) is 10.5. The standard InChI is InChI=1S/C18H32N2O3/c1-18(2,3)23-17(21)20-11-14-8-16(9-15(14)12-20)19-10-13-4-6-22-7-5-13/h13-16,19H,4-12H2,1-3H3. The summed E-state index contributed by atoms with van der Waals surface area (Å²) in [5, 5.41) is 3.77. The molecule has 1 saturated carbocycles. The van der Waals surface area contributed by atoms with Crippen molar-refractivity contribution in [3.05, 3.63) is 0 Å². The van der Waals surface area contributed by atoms with Gasteiger partial charge in [-0.2, -0.15) is 0 Å². The summed E-state index contributed by atoms with van der Waals surface area (Å²) in [5.41, 5.74) is -0.400. The number of nitrogens with zero attached hydrogens (tertiary/aromatic N) is 1. The summed E-state index contributed by atoms with van der Waals surface area (Å²) in [5.74, 6) is 2.08. The fraction of sp³-hybridized carbons (Fsp3) is 0.944. The first-order chi connectivity index (χ1) is 10.9. The number of fused-ring (bicyclic) bond motifs is 1. The van der Waals surface area contributed by atoms with E-state index in [1.165, 1.54) is 25.7 Å². The minimum absolute atomic E-state index is 0.140. The lowest BCUT2D eigenvalue weighted by Gasteiger charge is -2.26. The molecule has 2 unspecified atom stereocenters. The number of ether oxygens (including phenoxy) is 2. The molecule has 2 heterocycles. The van der Waals surface area contributed by atoms with E-state index >= 15 is 0 Å². The molecule has 3 rings (SSSR count). The Morgan fingerprint density at radius 1 is 1.17 bits per heavy atom. The van der Waals surface area contributed by atoms with Crippen LogP contribution < -0.4 is 5.32 Å². The number of hydrogen-bond donors (Lipinski definition) is 1. The van der Waals surface area contributed by atoms with Gasteiger partial charge in [-0.25, -0.2) is 4.79 Å². The van der Waals surface area contributed by atoms with E-state index in [1.807, 2.05) is 25.7 Å². The van der Waals surface area contributed by atoms with E-state index in [4.69, 9.17) is 9.47 Å². The van der Waals surface area contributed by atoms with E-state index in [2.05, 4.69) is 5.32 Å². The zero-order valence-electron chi connectivity index (χ0n) is 14.8. The van der Waals surface area contributed by atoms with Gasteiger partial charge in [0, 0.05) is 32.3 Å². The Morgan fingerprint density at radius 2 is 1.78 bits per heavy atom. The molecule has 0 aromatic carbocycles. The molecule has 3 aliphatic rings. The van der Waals surface area contributed by atoms with Gasteiger partial charge in [-0.15, -0.1) is 0 Å². The summed E-state index contributed by atoms with van der Waals surface area (Å²) in [7, 11) is 0. The van der Waals surface area contributed by atoms with Gasteiger partial charge in [-0.1, -0.05) is 0 Å². The summed E-state index contributed by atoms with van der Waals surface area (Å²) in [6, 6.07) is 0.633. The zero-order valence-corrected chi connectivity index (χ0v) is 14.8. The maximum atomic E-state index is 12.2. The van der Waals surface area contributed by atoms with Crippen molar-refractivity contribution in [2.45, 2.75) is 58.1 Å². The van der Waals surface area contributed by atoms with Crippen molar-refractivity contribution in [2.75, 3.05) is 32.8 Å². The van der Waals surface area contributed by atoms with Crippen molar-refractivity contribution in [3.8, 4) is 0 Å². The Labute approximate surface area is 140 Å². The molecule has 0 spiro atoms. The van der Waals surface area contributed by atoms with E-state index in [0.29, 0.717) is 17.9 Å². The van der Waals surface area contributed by atoms with Gasteiger partial charge in [0.05, 0.1) is 0 Å². The Balaban J connectivity index is 1.40. The van der Waals surface area contributed by atoms with Gasteiger partial charge in [-0.05, 0) is 70.8 Å².